The van der Waals surface area contributed by atoms with Crippen molar-refractivity contribution in [3.63, 3.8) is 0 Å². The van der Waals surface area contributed by atoms with Crippen LogP contribution in [-0.4, -0.2) is 12.1 Å². The first-order chi connectivity index (χ1) is 10.2. The second kappa shape index (κ2) is 5.76. The van der Waals surface area contributed by atoms with Crippen molar-refractivity contribution >= 4 is 23.8 Å². The van der Waals surface area contributed by atoms with Crippen molar-refractivity contribution < 1.29 is 9.15 Å². The van der Waals surface area contributed by atoms with E-state index in [-0.39, 0.29) is 0 Å². The first kappa shape index (κ1) is 13.9. The lowest BCUT2D eigenvalue weighted by molar-refractivity contribution is 0.415. The van der Waals surface area contributed by atoms with Crippen LogP contribution in [0.5, 0.6) is 5.75 Å². The molecule has 0 fully saturated rings. The van der Waals surface area contributed by atoms with Crippen LogP contribution in [-0.2, 0) is 0 Å². The summed E-state index contributed by atoms with van der Waals surface area (Å²) in [4.78, 5) is 3.42. The minimum Gasteiger partial charge on any atom is -0.497 e. The maximum atomic E-state index is 5.93. The largest absolute Gasteiger partial charge is 0.497 e. The van der Waals surface area contributed by atoms with Gasteiger partial charge in [-0.3, -0.25) is 0 Å². The molecule has 0 aliphatic heterocycles. The molecular formula is C16H12ClNO2S. The molecule has 3 nitrogen and oxygen atoms in total. The maximum absolute atomic E-state index is 5.93. The van der Waals surface area contributed by atoms with Crippen LogP contribution in [0.15, 0.2) is 52.9 Å². The summed E-state index contributed by atoms with van der Waals surface area (Å²) < 4.78 is 10.8. The molecule has 0 aliphatic carbocycles. The van der Waals surface area contributed by atoms with Crippen LogP contribution in [0.1, 0.15) is 0 Å². The fourth-order valence-corrected chi connectivity index (χ4v) is 2.40. The van der Waals surface area contributed by atoms with Gasteiger partial charge in [-0.1, -0.05) is 23.7 Å². The Morgan fingerprint density at radius 2 is 1.62 bits per heavy atom. The monoisotopic (exact) mass is 317 g/mol. The van der Waals surface area contributed by atoms with Crippen molar-refractivity contribution in [2.45, 2.75) is 0 Å². The number of aromatic nitrogens is 1. The number of aromatic amines is 1. The first-order valence-corrected chi connectivity index (χ1v) is 7.09. The summed E-state index contributed by atoms with van der Waals surface area (Å²) in [6.45, 7) is 0. The topological polar surface area (TPSA) is 38.2 Å². The Labute approximate surface area is 132 Å². The average Bonchev–Trinajstić information content (AvgIpc) is 2.90. The summed E-state index contributed by atoms with van der Waals surface area (Å²) in [5.41, 5.74) is 2.72. The minimum absolute atomic E-state index is 0.339. The van der Waals surface area contributed by atoms with E-state index in [1.807, 2.05) is 48.5 Å². The molecule has 21 heavy (non-hydrogen) atoms. The van der Waals surface area contributed by atoms with E-state index in [0.29, 0.717) is 15.6 Å². The number of H-pyrrole nitrogens is 1. The molecule has 0 amide bonds. The lowest BCUT2D eigenvalue weighted by Gasteiger charge is -2.04. The first-order valence-electron chi connectivity index (χ1n) is 6.31. The number of ether oxygens (including phenoxy) is 1. The number of methoxy groups -OCH3 is 1. The van der Waals surface area contributed by atoms with Gasteiger partial charge in [-0.2, -0.15) is 0 Å². The van der Waals surface area contributed by atoms with Crippen molar-refractivity contribution in [2.24, 2.45) is 0 Å². The molecule has 1 aromatic heterocycles. The molecule has 0 bridgehead atoms. The third-order valence-corrected chi connectivity index (χ3v) is 3.57. The molecule has 0 unspecified atom stereocenters. The third-order valence-electron chi connectivity index (χ3n) is 3.13. The molecule has 0 aliphatic rings. The highest BCUT2D eigenvalue weighted by atomic mass is 35.5. The van der Waals surface area contributed by atoms with Crippen LogP contribution in [0.25, 0.3) is 22.6 Å². The van der Waals surface area contributed by atoms with E-state index in [0.717, 1.165) is 22.6 Å². The van der Waals surface area contributed by atoms with E-state index < -0.39 is 0 Å². The smallest absolute Gasteiger partial charge is 0.266 e. The van der Waals surface area contributed by atoms with Crippen LogP contribution in [0.4, 0.5) is 0 Å². The van der Waals surface area contributed by atoms with Gasteiger partial charge in [-0.25, -0.2) is 0 Å². The molecule has 1 N–H and O–H groups in total. The van der Waals surface area contributed by atoms with E-state index in [2.05, 4.69) is 4.98 Å². The van der Waals surface area contributed by atoms with Gasteiger partial charge in [0.2, 0.25) is 0 Å². The Kier molecular flexibility index (Phi) is 3.82. The molecule has 3 aromatic rings. The predicted octanol–water partition coefficient (Wildman–Crippen LogP) is 5.33. The van der Waals surface area contributed by atoms with Crippen LogP contribution in [0, 0.1) is 4.84 Å². The van der Waals surface area contributed by atoms with Gasteiger partial charge in [0.25, 0.3) is 4.84 Å². The normalized spacial score (nSPS) is 10.6. The Morgan fingerprint density at radius 3 is 2.24 bits per heavy atom. The molecule has 5 heteroatoms. The number of halogens is 1. The van der Waals surface area contributed by atoms with Gasteiger partial charge in [0, 0.05) is 16.1 Å². The molecular weight excluding hydrogens is 306 g/mol. The second-order valence-corrected chi connectivity index (χ2v) is 5.26. The van der Waals surface area contributed by atoms with Crippen molar-refractivity contribution in [1.82, 2.24) is 4.98 Å². The molecule has 2 aromatic carbocycles. The van der Waals surface area contributed by atoms with Crippen molar-refractivity contribution in [3.05, 3.63) is 58.4 Å². The zero-order valence-corrected chi connectivity index (χ0v) is 12.8. The molecule has 0 spiro atoms. The Hall–Kier alpha value is -2.04. The molecule has 0 saturated carbocycles. The Bertz CT molecular complexity index is 804. The Morgan fingerprint density at radius 1 is 1.00 bits per heavy atom. The quantitative estimate of drug-likeness (QED) is 0.663. The highest BCUT2D eigenvalue weighted by Crippen LogP contribution is 2.33. The summed E-state index contributed by atoms with van der Waals surface area (Å²) in [7, 11) is 1.64. The summed E-state index contributed by atoms with van der Waals surface area (Å²) in [5, 5.41) is 0.687. The van der Waals surface area contributed by atoms with Gasteiger partial charge in [0.1, 0.15) is 5.75 Å². The number of rotatable bonds is 3. The van der Waals surface area contributed by atoms with E-state index in [1.54, 1.807) is 7.11 Å². The lowest BCUT2D eigenvalue weighted by atomic mass is 10.1. The van der Waals surface area contributed by atoms with Crippen molar-refractivity contribution in [1.29, 1.82) is 0 Å². The number of hydrogen-bond acceptors (Lipinski definition) is 3. The van der Waals surface area contributed by atoms with Crippen LogP contribution >= 0.6 is 23.8 Å². The van der Waals surface area contributed by atoms with E-state index >= 15 is 0 Å². The summed E-state index contributed by atoms with van der Waals surface area (Å²) in [6, 6.07) is 15.1. The third kappa shape index (κ3) is 2.86. The van der Waals surface area contributed by atoms with Gasteiger partial charge in [0.05, 0.1) is 12.8 Å². The van der Waals surface area contributed by atoms with Crippen molar-refractivity contribution in [3.8, 4) is 28.3 Å². The highest BCUT2D eigenvalue weighted by Gasteiger charge is 2.13. The number of oxazole rings is 1. The molecule has 0 atom stereocenters. The van der Waals surface area contributed by atoms with Gasteiger partial charge in [-0.05, 0) is 48.6 Å². The van der Waals surface area contributed by atoms with Gasteiger partial charge in [-0.15, -0.1) is 0 Å². The number of benzene rings is 2. The van der Waals surface area contributed by atoms with Gasteiger partial charge >= 0.3 is 0 Å². The minimum atomic E-state index is 0.339. The number of nitrogens with one attached hydrogen (secondary N) is 1. The molecule has 0 radical (unpaired) electrons. The lowest BCUT2D eigenvalue weighted by Crippen LogP contribution is -1.84. The maximum Gasteiger partial charge on any atom is 0.266 e. The van der Waals surface area contributed by atoms with Gasteiger partial charge in [0.15, 0.2) is 5.76 Å². The van der Waals surface area contributed by atoms with Crippen molar-refractivity contribution in [2.75, 3.05) is 7.11 Å². The van der Waals surface area contributed by atoms with E-state index in [1.165, 1.54) is 0 Å². The summed E-state index contributed by atoms with van der Waals surface area (Å²) >= 11 is 11.0. The standard InChI is InChI=1S/C16H12ClNO2S/c1-19-13-8-4-11(5-9-13)15-14(18-16(21)20-15)10-2-6-12(17)7-3-10/h2-9H,1H3,(H,18,21). The van der Waals surface area contributed by atoms with E-state index in [9.17, 15) is 0 Å². The fourth-order valence-electron chi connectivity index (χ4n) is 2.09. The average molecular weight is 318 g/mol. The Balaban J connectivity index is 2.10. The van der Waals surface area contributed by atoms with Gasteiger partial charge < -0.3 is 14.1 Å². The zero-order chi connectivity index (χ0) is 14.8. The molecule has 106 valence electrons. The van der Waals surface area contributed by atoms with Crippen LogP contribution in [0.2, 0.25) is 5.02 Å². The van der Waals surface area contributed by atoms with Crippen LogP contribution < -0.4 is 4.74 Å². The SMILES string of the molecule is COc1ccc(-c2oc(=S)[nH]c2-c2ccc(Cl)cc2)cc1. The predicted molar refractivity (Wildman–Crippen MR) is 86.3 cm³/mol. The molecule has 0 saturated heterocycles. The fraction of sp³-hybridized carbons (Fsp3) is 0.0625. The summed E-state index contributed by atoms with van der Waals surface area (Å²) in [6.07, 6.45) is 0. The summed E-state index contributed by atoms with van der Waals surface area (Å²) in [5.74, 6) is 1.49. The highest BCUT2D eigenvalue weighted by molar-refractivity contribution is 7.71. The second-order valence-electron chi connectivity index (χ2n) is 4.45. The number of hydrogen-bond donors (Lipinski definition) is 1. The molecule has 1 heterocycles. The zero-order valence-electron chi connectivity index (χ0n) is 11.2. The van der Waals surface area contributed by atoms with E-state index in [4.69, 9.17) is 33.0 Å². The molecule has 3 rings (SSSR count). The van der Waals surface area contributed by atoms with Crippen LogP contribution in [0.3, 0.4) is 0 Å².